The highest BCUT2D eigenvalue weighted by Crippen LogP contribution is 2.31. The Morgan fingerprint density at radius 2 is 1.68 bits per heavy atom. The van der Waals surface area contributed by atoms with E-state index in [1.165, 1.54) is 6.42 Å². The molecule has 182 valence electrons. The van der Waals surface area contributed by atoms with Gasteiger partial charge in [0.25, 0.3) is 6.43 Å². The van der Waals surface area contributed by atoms with Crippen LogP contribution in [0.25, 0.3) is 0 Å². The Morgan fingerprint density at radius 3 is 2.26 bits per heavy atom. The molecule has 0 aliphatic carbocycles. The predicted octanol–water partition coefficient (Wildman–Crippen LogP) is 5.87. The van der Waals surface area contributed by atoms with Crippen molar-refractivity contribution < 1.29 is 8.78 Å². The summed E-state index contributed by atoms with van der Waals surface area (Å²) >= 11 is 1.79. The second kappa shape index (κ2) is 11.4. The van der Waals surface area contributed by atoms with E-state index in [1.54, 1.807) is 12.1 Å². The van der Waals surface area contributed by atoms with E-state index in [2.05, 4.69) is 80.9 Å². The molecule has 1 fully saturated rings. The van der Waals surface area contributed by atoms with Crippen LogP contribution in [0.5, 0.6) is 0 Å². The lowest BCUT2D eigenvalue weighted by Crippen LogP contribution is -2.55. The van der Waals surface area contributed by atoms with Crippen LogP contribution in [0.4, 0.5) is 14.5 Å². The number of hydrogen-bond acceptors (Lipinski definition) is 6. The van der Waals surface area contributed by atoms with Crippen LogP contribution < -0.4 is 4.31 Å². The molecule has 2 aliphatic rings. The Kier molecular flexibility index (Phi) is 8.34. The lowest BCUT2D eigenvalue weighted by molar-refractivity contribution is 0.0820. The van der Waals surface area contributed by atoms with Gasteiger partial charge in [-0.15, -0.1) is 0 Å². The molecule has 2 heterocycles. The van der Waals surface area contributed by atoms with Crippen molar-refractivity contribution in [3.63, 3.8) is 0 Å². The number of halogens is 2. The zero-order valence-electron chi connectivity index (χ0n) is 20.1. The molecule has 2 aromatic carbocycles. The monoisotopic (exact) mass is 485 g/mol. The summed E-state index contributed by atoms with van der Waals surface area (Å²) in [6.45, 7) is 10.8. The molecule has 4 rings (SSSR count). The molecule has 0 bridgehead atoms. The van der Waals surface area contributed by atoms with Crippen LogP contribution in [0.3, 0.4) is 0 Å². The van der Waals surface area contributed by atoms with Gasteiger partial charge in [-0.05, 0) is 50.1 Å². The van der Waals surface area contributed by atoms with Gasteiger partial charge in [0, 0.05) is 49.4 Å². The van der Waals surface area contributed by atoms with Gasteiger partial charge in [0.1, 0.15) is 5.71 Å². The minimum absolute atomic E-state index is 0.114. The summed E-state index contributed by atoms with van der Waals surface area (Å²) in [6, 6.07) is 19.5. The summed E-state index contributed by atoms with van der Waals surface area (Å²) in [5, 5.41) is 7.59. The van der Waals surface area contributed by atoms with Crippen LogP contribution in [-0.2, 0) is 6.54 Å². The van der Waals surface area contributed by atoms with E-state index >= 15 is 0 Å². The second-order valence-electron chi connectivity index (χ2n) is 9.05. The molecule has 0 aromatic heterocycles. The molecule has 0 saturated carbocycles. The average Bonchev–Trinajstić information content (AvgIpc) is 3.33. The standard InChI is InChI=1S/C26H33F2N5S/c1-4-14-32-19(2)16-31(17-20(32)3)34-33(23-8-6-5-7-9-23)18-21-10-12-22(13-11-21)24-15-25(26(27)28)30-29-24/h5-13,19-20,26H,4,14-18H2,1-3H3. The number of alkyl halides is 2. The van der Waals surface area contributed by atoms with Crippen LogP contribution in [0.2, 0.25) is 0 Å². The summed E-state index contributed by atoms with van der Waals surface area (Å²) in [6.07, 6.45) is -1.26. The first-order chi connectivity index (χ1) is 16.4. The molecule has 2 aliphatic heterocycles. The molecule has 2 atom stereocenters. The highest BCUT2D eigenvalue weighted by Gasteiger charge is 2.30. The Balaban J connectivity index is 1.44. The molecule has 0 radical (unpaired) electrons. The maximum Gasteiger partial charge on any atom is 0.278 e. The molecule has 2 unspecified atom stereocenters. The molecule has 1 saturated heterocycles. The summed E-state index contributed by atoms with van der Waals surface area (Å²) in [7, 11) is 0. The number of nitrogens with zero attached hydrogens (tertiary/aromatic N) is 5. The van der Waals surface area contributed by atoms with E-state index in [-0.39, 0.29) is 12.1 Å². The van der Waals surface area contributed by atoms with Crippen LogP contribution in [-0.4, -0.2) is 58.8 Å². The minimum atomic E-state index is -2.55. The van der Waals surface area contributed by atoms with E-state index in [1.807, 2.05) is 18.2 Å². The number of anilines is 1. The third kappa shape index (κ3) is 6.03. The summed E-state index contributed by atoms with van der Waals surface area (Å²) in [5.74, 6) is 0. The largest absolute Gasteiger partial charge is 0.299 e. The van der Waals surface area contributed by atoms with Crippen molar-refractivity contribution >= 4 is 29.2 Å². The topological polar surface area (TPSA) is 34.4 Å². The normalized spacial score (nSPS) is 21.6. The van der Waals surface area contributed by atoms with Crippen molar-refractivity contribution in [2.24, 2.45) is 10.2 Å². The highest BCUT2D eigenvalue weighted by molar-refractivity contribution is 7.98. The summed E-state index contributed by atoms with van der Waals surface area (Å²) in [4.78, 5) is 2.61. The van der Waals surface area contributed by atoms with Crippen molar-refractivity contribution in [2.75, 3.05) is 23.9 Å². The first-order valence-electron chi connectivity index (χ1n) is 12.0. The van der Waals surface area contributed by atoms with Gasteiger partial charge in [-0.3, -0.25) is 9.21 Å². The first kappa shape index (κ1) is 24.8. The molecule has 0 amide bonds. The lowest BCUT2D eigenvalue weighted by Gasteiger charge is -2.45. The van der Waals surface area contributed by atoms with Crippen molar-refractivity contribution in [1.29, 1.82) is 0 Å². The molecule has 0 N–H and O–H groups in total. The Bertz CT molecular complexity index is 984. The SMILES string of the molecule is CCCN1C(C)CN(SN(Cc2ccc(C3=NN=C(C(F)F)C3)cc2)c2ccccc2)CC1C. The van der Waals surface area contributed by atoms with E-state index in [4.69, 9.17) is 0 Å². The van der Waals surface area contributed by atoms with Crippen molar-refractivity contribution in [3.05, 3.63) is 65.7 Å². The fraction of sp³-hybridized carbons (Fsp3) is 0.462. The van der Waals surface area contributed by atoms with Crippen molar-refractivity contribution in [2.45, 2.75) is 58.7 Å². The number of para-hydroxylation sites is 1. The summed E-state index contributed by atoms with van der Waals surface area (Å²) in [5.41, 5.74) is 3.59. The minimum Gasteiger partial charge on any atom is -0.299 e. The lowest BCUT2D eigenvalue weighted by atomic mass is 10.0. The summed E-state index contributed by atoms with van der Waals surface area (Å²) < 4.78 is 30.6. The van der Waals surface area contributed by atoms with Gasteiger partial charge >= 0.3 is 0 Å². The third-order valence-corrected chi connectivity index (χ3v) is 7.39. The molecular formula is C26H33F2N5S. The van der Waals surface area contributed by atoms with Gasteiger partial charge in [0.15, 0.2) is 0 Å². The maximum atomic E-state index is 12.9. The quantitative estimate of drug-likeness (QED) is 0.416. The van der Waals surface area contributed by atoms with Crippen LogP contribution in [0.1, 0.15) is 44.7 Å². The van der Waals surface area contributed by atoms with E-state index in [0.29, 0.717) is 17.8 Å². The Labute approximate surface area is 205 Å². The number of piperazine rings is 1. The zero-order chi connectivity index (χ0) is 24.1. The van der Waals surface area contributed by atoms with Gasteiger partial charge < -0.3 is 0 Å². The molecule has 2 aromatic rings. The van der Waals surface area contributed by atoms with Crippen LogP contribution in [0.15, 0.2) is 64.8 Å². The van der Waals surface area contributed by atoms with Crippen LogP contribution in [0, 0.1) is 0 Å². The van der Waals surface area contributed by atoms with Gasteiger partial charge in [-0.25, -0.2) is 13.1 Å². The fourth-order valence-electron chi connectivity index (χ4n) is 4.59. The second-order valence-corrected chi connectivity index (χ2v) is 10.2. The van der Waals surface area contributed by atoms with Crippen molar-refractivity contribution in [3.8, 4) is 0 Å². The van der Waals surface area contributed by atoms with Crippen LogP contribution >= 0.6 is 12.1 Å². The predicted molar refractivity (Wildman–Crippen MR) is 139 cm³/mol. The number of rotatable bonds is 9. The van der Waals surface area contributed by atoms with Gasteiger partial charge in [-0.1, -0.05) is 49.4 Å². The van der Waals surface area contributed by atoms with E-state index < -0.39 is 6.43 Å². The molecule has 5 nitrogen and oxygen atoms in total. The Hall–Kier alpha value is -2.29. The molecule has 34 heavy (non-hydrogen) atoms. The smallest absolute Gasteiger partial charge is 0.278 e. The van der Waals surface area contributed by atoms with Gasteiger partial charge in [0.2, 0.25) is 0 Å². The molecular weight excluding hydrogens is 452 g/mol. The highest BCUT2D eigenvalue weighted by atomic mass is 32.2. The first-order valence-corrected chi connectivity index (χ1v) is 12.7. The molecule has 8 heteroatoms. The molecule has 0 spiro atoms. The Morgan fingerprint density at radius 1 is 1.00 bits per heavy atom. The maximum absolute atomic E-state index is 12.9. The van der Waals surface area contributed by atoms with Gasteiger partial charge in [0.05, 0.1) is 12.3 Å². The van der Waals surface area contributed by atoms with E-state index in [9.17, 15) is 8.78 Å². The number of benzene rings is 2. The third-order valence-electron chi connectivity index (χ3n) is 6.32. The number of hydrogen-bond donors (Lipinski definition) is 0. The average molecular weight is 486 g/mol. The fourth-order valence-corrected chi connectivity index (χ4v) is 5.86. The van der Waals surface area contributed by atoms with Gasteiger partial charge in [-0.2, -0.15) is 10.2 Å². The van der Waals surface area contributed by atoms with E-state index in [0.717, 1.165) is 43.0 Å². The van der Waals surface area contributed by atoms with Crippen molar-refractivity contribution in [1.82, 2.24) is 9.21 Å². The zero-order valence-corrected chi connectivity index (χ0v) is 20.9.